The van der Waals surface area contributed by atoms with Gasteiger partial charge in [0.2, 0.25) is 0 Å². The lowest BCUT2D eigenvalue weighted by molar-refractivity contribution is 0.102. The van der Waals surface area contributed by atoms with Crippen LogP contribution >= 0.6 is 11.3 Å². The number of nitrogens with one attached hydrogen (secondary N) is 1. The Kier molecular flexibility index (Phi) is 5.59. The highest BCUT2D eigenvalue weighted by atomic mass is 32.1. The van der Waals surface area contributed by atoms with E-state index in [1.165, 1.54) is 0 Å². The molecule has 0 radical (unpaired) electrons. The Balaban J connectivity index is 1.34. The first-order chi connectivity index (χ1) is 13.7. The molecule has 1 amide bonds. The maximum absolute atomic E-state index is 12.3. The van der Waals surface area contributed by atoms with Crippen LogP contribution in [-0.4, -0.2) is 52.2 Å². The number of carbonyl (C=O) groups is 1. The lowest BCUT2D eigenvalue weighted by Crippen LogP contribution is -2.47. The fourth-order valence-electron chi connectivity index (χ4n) is 3.27. The average molecular weight is 395 g/mol. The molecule has 0 aliphatic carbocycles. The summed E-state index contributed by atoms with van der Waals surface area (Å²) < 4.78 is 0. The number of rotatable bonds is 5. The first-order valence-corrected chi connectivity index (χ1v) is 10.2. The van der Waals surface area contributed by atoms with E-state index < -0.39 is 0 Å². The number of thiazole rings is 1. The molecule has 144 valence electrons. The van der Waals surface area contributed by atoms with Gasteiger partial charge in [-0.25, -0.2) is 4.98 Å². The summed E-state index contributed by atoms with van der Waals surface area (Å²) in [6.45, 7) is 5.84. The monoisotopic (exact) mass is 394 g/mol. The van der Waals surface area contributed by atoms with Crippen LogP contribution in [0.15, 0.2) is 54.0 Å². The number of anilines is 2. The molecule has 28 heavy (non-hydrogen) atoms. The van der Waals surface area contributed by atoms with Gasteiger partial charge in [-0.05, 0) is 31.2 Å². The molecule has 1 fully saturated rings. The van der Waals surface area contributed by atoms with E-state index in [4.69, 9.17) is 0 Å². The highest BCUT2D eigenvalue weighted by Crippen LogP contribution is 2.24. The summed E-state index contributed by atoms with van der Waals surface area (Å²) in [5.41, 5.74) is 1.05. The highest BCUT2D eigenvalue weighted by molar-refractivity contribution is 7.09. The maximum Gasteiger partial charge on any atom is 0.276 e. The summed E-state index contributed by atoms with van der Waals surface area (Å²) in [6, 6.07) is 13.3. The van der Waals surface area contributed by atoms with Crippen molar-refractivity contribution in [1.29, 1.82) is 0 Å². The summed E-state index contributed by atoms with van der Waals surface area (Å²) in [5, 5.41) is 14.4. The van der Waals surface area contributed by atoms with Crippen LogP contribution in [0.5, 0.6) is 0 Å². The van der Waals surface area contributed by atoms with Gasteiger partial charge in [0.25, 0.3) is 5.91 Å². The van der Waals surface area contributed by atoms with Crippen LogP contribution in [0, 0.1) is 0 Å². The summed E-state index contributed by atoms with van der Waals surface area (Å²) in [4.78, 5) is 21.4. The van der Waals surface area contributed by atoms with E-state index in [1.54, 1.807) is 17.4 Å². The SMILES string of the molecule is CC(c1nccs1)N1CCN(c2ccc(C(=O)Nc3ccccc3)nn2)CC1. The van der Waals surface area contributed by atoms with E-state index in [1.807, 2.05) is 48.0 Å². The Morgan fingerprint density at radius 2 is 1.86 bits per heavy atom. The van der Waals surface area contributed by atoms with Gasteiger partial charge in [0, 0.05) is 43.4 Å². The van der Waals surface area contributed by atoms with Gasteiger partial charge in [-0.15, -0.1) is 21.5 Å². The first-order valence-electron chi connectivity index (χ1n) is 9.29. The molecule has 0 spiro atoms. The molecule has 1 aliphatic rings. The zero-order valence-corrected chi connectivity index (χ0v) is 16.5. The van der Waals surface area contributed by atoms with Gasteiger partial charge < -0.3 is 10.2 Å². The Morgan fingerprint density at radius 3 is 2.50 bits per heavy atom. The van der Waals surface area contributed by atoms with E-state index >= 15 is 0 Å². The van der Waals surface area contributed by atoms with Crippen molar-refractivity contribution in [3.05, 3.63) is 64.7 Å². The average Bonchev–Trinajstić information content (AvgIpc) is 3.29. The van der Waals surface area contributed by atoms with Crippen molar-refractivity contribution in [3.8, 4) is 0 Å². The second-order valence-electron chi connectivity index (χ2n) is 6.67. The van der Waals surface area contributed by atoms with E-state index in [-0.39, 0.29) is 5.91 Å². The van der Waals surface area contributed by atoms with Crippen LogP contribution in [0.1, 0.15) is 28.5 Å². The predicted octanol–water partition coefficient (Wildman–Crippen LogP) is 3.07. The second kappa shape index (κ2) is 8.45. The van der Waals surface area contributed by atoms with Crippen molar-refractivity contribution < 1.29 is 4.79 Å². The summed E-state index contributed by atoms with van der Waals surface area (Å²) in [5.74, 6) is 0.546. The van der Waals surface area contributed by atoms with Crippen LogP contribution in [0.4, 0.5) is 11.5 Å². The molecule has 1 saturated heterocycles. The Morgan fingerprint density at radius 1 is 1.07 bits per heavy atom. The number of carbonyl (C=O) groups excluding carboxylic acids is 1. The number of para-hydroxylation sites is 1. The molecule has 1 aliphatic heterocycles. The van der Waals surface area contributed by atoms with Crippen molar-refractivity contribution in [3.63, 3.8) is 0 Å². The molecule has 3 aromatic rings. The Labute approximate surface area is 168 Å². The second-order valence-corrected chi connectivity index (χ2v) is 7.59. The molecule has 1 N–H and O–H groups in total. The van der Waals surface area contributed by atoms with Crippen LogP contribution in [-0.2, 0) is 0 Å². The number of amides is 1. The molecule has 0 saturated carbocycles. The molecule has 2 aromatic heterocycles. The summed E-state index contributed by atoms with van der Waals surface area (Å²) in [6.07, 6.45) is 1.86. The van der Waals surface area contributed by atoms with Gasteiger partial charge in [-0.2, -0.15) is 0 Å². The molecular weight excluding hydrogens is 372 g/mol. The minimum absolute atomic E-state index is 0.257. The van der Waals surface area contributed by atoms with Crippen molar-refractivity contribution in [2.45, 2.75) is 13.0 Å². The van der Waals surface area contributed by atoms with Gasteiger partial charge in [0.15, 0.2) is 11.5 Å². The van der Waals surface area contributed by atoms with E-state index in [9.17, 15) is 4.79 Å². The number of piperazine rings is 1. The van der Waals surface area contributed by atoms with Crippen molar-refractivity contribution in [2.24, 2.45) is 0 Å². The number of nitrogens with zero attached hydrogens (tertiary/aromatic N) is 5. The van der Waals surface area contributed by atoms with Crippen molar-refractivity contribution in [1.82, 2.24) is 20.1 Å². The third-order valence-electron chi connectivity index (χ3n) is 4.91. The number of hydrogen-bond acceptors (Lipinski definition) is 7. The molecular formula is C20H22N6OS. The normalized spacial score (nSPS) is 16.0. The van der Waals surface area contributed by atoms with Crippen molar-refractivity contribution >= 4 is 28.7 Å². The van der Waals surface area contributed by atoms with Crippen LogP contribution in [0.2, 0.25) is 0 Å². The molecule has 8 heteroatoms. The number of aromatic nitrogens is 3. The molecule has 3 heterocycles. The summed E-state index contributed by atoms with van der Waals surface area (Å²) in [7, 11) is 0. The maximum atomic E-state index is 12.3. The Bertz CT molecular complexity index is 892. The molecule has 0 bridgehead atoms. The lowest BCUT2D eigenvalue weighted by atomic mass is 10.2. The zero-order valence-electron chi connectivity index (χ0n) is 15.7. The fourth-order valence-corrected chi connectivity index (χ4v) is 4.00. The predicted molar refractivity (Wildman–Crippen MR) is 111 cm³/mol. The third-order valence-corrected chi connectivity index (χ3v) is 5.86. The smallest absolute Gasteiger partial charge is 0.276 e. The highest BCUT2D eigenvalue weighted by Gasteiger charge is 2.24. The minimum atomic E-state index is -0.257. The molecule has 4 rings (SSSR count). The van der Waals surface area contributed by atoms with Crippen LogP contribution < -0.4 is 10.2 Å². The van der Waals surface area contributed by atoms with E-state index in [0.717, 1.165) is 42.7 Å². The minimum Gasteiger partial charge on any atom is -0.353 e. The first kappa shape index (κ1) is 18.5. The van der Waals surface area contributed by atoms with Gasteiger partial charge in [0.05, 0.1) is 6.04 Å². The summed E-state index contributed by atoms with van der Waals surface area (Å²) >= 11 is 1.70. The molecule has 1 unspecified atom stereocenters. The zero-order chi connectivity index (χ0) is 19.3. The van der Waals surface area contributed by atoms with Crippen molar-refractivity contribution in [2.75, 3.05) is 36.4 Å². The van der Waals surface area contributed by atoms with E-state index in [0.29, 0.717) is 11.7 Å². The Hall–Kier alpha value is -2.84. The van der Waals surface area contributed by atoms with Crippen LogP contribution in [0.3, 0.4) is 0 Å². The van der Waals surface area contributed by atoms with Gasteiger partial charge in [-0.1, -0.05) is 18.2 Å². The van der Waals surface area contributed by atoms with E-state index in [2.05, 4.69) is 37.2 Å². The standard InChI is InChI=1S/C20H22N6OS/c1-15(20-21-9-14-28-20)25-10-12-26(13-11-25)18-8-7-17(23-24-18)19(27)22-16-5-3-2-4-6-16/h2-9,14-15H,10-13H2,1H3,(H,22,27). The largest absolute Gasteiger partial charge is 0.353 e. The topological polar surface area (TPSA) is 74.2 Å². The van der Waals surface area contributed by atoms with Gasteiger partial charge in [-0.3, -0.25) is 9.69 Å². The molecule has 1 atom stereocenters. The number of benzene rings is 1. The quantitative estimate of drug-likeness (QED) is 0.717. The number of hydrogen-bond donors (Lipinski definition) is 1. The molecule has 7 nitrogen and oxygen atoms in total. The lowest BCUT2D eigenvalue weighted by Gasteiger charge is -2.37. The van der Waals surface area contributed by atoms with Crippen LogP contribution in [0.25, 0.3) is 0 Å². The molecule has 1 aromatic carbocycles. The third kappa shape index (κ3) is 4.18. The van der Waals surface area contributed by atoms with Gasteiger partial charge >= 0.3 is 0 Å². The fraction of sp³-hybridized carbons (Fsp3) is 0.300. The van der Waals surface area contributed by atoms with Gasteiger partial charge in [0.1, 0.15) is 5.01 Å².